The second-order valence-electron chi connectivity index (χ2n) is 9.05. The largest absolute Gasteiger partial charge is 0.493 e. The van der Waals surface area contributed by atoms with Crippen molar-refractivity contribution >= 4 is 29.6 Å². The number of methoxy groups -OCH3 is 3. The van der Waals surface area contributed by atoms with E-state index in [1.54, 1.807) is 32.1 Å². The quantitative estimate of drug-likeness (QED) is 0.275. The molecule has 0 unspecified atom stereocenters. The molecule has 0 radical (unpaired) electrons. The summed E-state index contributed by atoms with van der Waals surface area (Å²) in [5.41, 5.74) is 5.80. The van der Waals surface area contributed by atoms with Gasteiger partial charge in [0.25, 0.3) is 5.91 Å². The van der Waals surface area contributed by atoms with Crippen LogP contribution in [0.5, 0.6) is 11.5 Å². The first kappa shape index (κ1) is 27.1. The molecule has 4 rings (SSSR count). The van der Waals surface area contributed by atoms with Crippen LogP contribution in [0.15, 0.2) is 65.4 Å². The number of amides is 1. The molecule has 0 saturated heterocycles. The summed E-state index contributed by atoms with van der Waals surface area (Å²) in [6.45, 7) is 6.13. The third kappa shape index (κ3) is 5.07. The maximum atomic E-state index is 13.7. The molecule has 1 amide bonds. The third-order valence-corrected chi connectivity index (χ3v) is 7.04. The van der Waals surface area contributed by atoms with E-state index in [9.17, 15) is 9.59 Å². The molecule has 1 aromatic heterocycles. The van der Waals surface area contributed by atoms with Gasteiger partial charge in [-0.25, -0.2) is 4.79 Å². The van der Waals surface area contributed by atoms with Gasteiger partial charge in [-0.1, -0.05) is 23.7 Å². The lowest BCUT2D eigenvalue weighted by Crippen LogP contribution is -2.27. The van der Waals surface area contributed by atoms with Crippen molar-refractivity contribution < 1.29 is 23.8 Å². The van der Waals surface area contributed by atoms with Gasteiger partial charge in [-0.2, -0.15) is 0 Å². The molecule has 0 spiro atoms. The van der Waals surface area contributed by atoms with Crippen LogP contribution in [0.25, 0.3) is 11.8 Å². The molecule has 0 saturated carbocycles. The van der Waals surface area contributed by atoms with Crippen LogP contribution in [-0.4, -0.2) is 49.2 Å². The maximum absolute atomic E-state index is 13.7. The van der Waals surface area contributed by atoms with Crippen molar-refractivity contribution in [3.8, 4) is 17.2 Å². The normalized spacial score (nSPS) is 14.4. The Morgan fingerprint density at radius 2 is 1.71 bits per heavy atom. The summed E-state index contributed by atoms with van der Waals surface area (Å²) in [5, 5.41) is 0.637. The van der Waals surface area contributed by atoms with Crippen LogP contribution in [0.3, 0.4) is 0 Å². The molecular weight excluding hydrogens is 504 g/mol. The number of allylic oxidation sites excluding steroid dienone is 1. The van der Waals surface area contributed by atoms with Crippen molar-refractivity contribution in [2.75, 3.05) is 27.9 Å². The number of ether oxygens (including phenoxy) is 3. The van der Waals surface area contributed by atoms with E-state index in [0.717, 1.165) is 28.2 Å². The zero-order chi connectivity index (χ0) is 27.6. The molecule has 2 aromatic carbocycles. The summed E-state index contributed by atoms with van der Waals surface area (Å²) in [6.07, 6.45) is 2.34. The van der Waals surface area contributed by atoms with Crippen molar-refractivity contribution in [2.24, 2.45) is 0 Å². The molecule has 8 heteroatoms. The number of rotatable bonds is 8. The van der Waals surface area contributed by atoms with Crippen LogP contribution in [0, 0.1) is 13.8 Å². The Kier molecular flexibility index (Phi) is 7.97. The fourth-order valence-electron chi connectivity index (χ4n) is 4.88. The molecule has 7 nitrogen and oxygen atoms in total. The van der Waals surface area contributed by atoms with E-state index in [2.05, 4.69) is 4.57 Å². The summed E-state index contributed by atoms with van der Waals surface area (Å²) < 4.78 is 17.9. The van der Waals surface area contributed by atoms with Gasteiger partial charge in [0.15, 0.2) is 11.5 Å². The maximum Gasteiger partial charge on any atom is 0.340 e. The number of aromatic nitrogens is 1. The van der Waals surface area contributed by atoms with Crippen molar-refractivity contribution in [3.05, 3.63) is 92.9 Å². The predicted octanol–water partition coefficient (Wildman–Crippen LogP) is 5.68. The lowest BCUT2D eigenvalue weighted by molar-refractivity contribution is -0.136. The smallest absolute Gasteiger partial charge is 0.340 e. The Labute approximate surface area is 227 Å². The average molecular weight is 535 g/mol. The topological polar surface area (TPSA) is 70.0 Å². The molecule has 198 valence electrons. The summed E-state index contributed by atoms with van der Waals surface area (Å²) in [7, 11) is 4.49. The van der Waals surface area contributed by atoms with E-state index in [-0.39, 0.29) is 11.5 Å². The summed E-state index contributed by atoms with van der Waals surface area (Å²) in [5.74, 6) is 0.476. The Hall–Kier alpha value is -3.97. The minimum absolute atomic E-state index is 0.240. The van der Waals surface area contributed by atoms with Gasteiger partial charge in [-0.05, 0) is 80.8 Å². The van der Waals surface area contributed by atoms with Gasteiger partial charge in [0.05, 0.1) is 32.5 Å². The molecule has 0 fully saturated rings. The van der Waals surface area contributed by atoms with E-state index >= 15 is 0 Å². The summed E-state index contributed by atoms with van der Waals surface area (Å²) in [4.78, 5) is 28.1. The van der Waals surface area contributed by atoms with Gasteiger partial charge in [-0.15, -0.1) is 0 Å². The van der Waals surface area contributed by atoms with Gasteiger partial charge < -0.3 is 23.7 Å². The number of hydrogen-bond acceptors (Lipinski definition) is 5. The summed E-state index contributed by atoms with van der Waals surface area (Å²) in [6, 6.07) is 15.2. The zero-order valence-electron chi connectivity index (χ0n) is 22.4. The second kappa shape index (κ2) is 11.2. The van der Waals surface area contributed by atoms with E-state index in [4.69, 9.17) is 25.8 Å². The Bertz CT molecular complexity index is 1470. The van der Waals surface area contributed by atoms with Crippen LogP contribution in [0.1, 0.15) is 29.4 Å². The molecule has 3 aromatic rings. The number of aryl methyl sites for hydroxylation is 1. The molecule has 0 atom stereocenters. The van der Waals surface area contributed by atoms with Gasteiger partial charge in [0.2, 0.25) is 0 Å². The first-order valence-electron chi connectivity index (χ1n) is 12.2. The predicted molar refractivity (Wildman–Crippen MR) is 148 cm³/mol. The van der Waals surface area contributed by atoms with Gasteiger partial charge in [0, 0.05) is 34.3 Å². The Morgan fingerprint density at radius 3 is 2.37 bits per heavy atom. The lowest BCUT2D eigenvalue weighted by Gasteiger charge is -2.18. The van der Waals surface area contributed by atoms with Crippen LogP contribution in [0.2, 0.25) is 5.02 Å². The molecule has 0 aliphatic carbocycles. The molecule has 1 aliphatic rings. The second-order valence-corrected chi connectivity index (χ2v) is 9.48. The first-order chi connectivity index (χ1) is 18.2. The van der Waals surface area contributed by atoms with E-state index in [1.807, 2.05) is 62.4 Å². The van der Waals surface area contributed by atoms with Gasteiger partial charge in [0.1, 0.15) is 0 Å². The van der Waals surface area contributed by atoms with Crippen molar-refractivity contribution in [1.82, 2.24) is 9.47 Å². The summed E-state index contributed by atoms with van der Waals surface area (Å²) >= 11 is 6.22. The molecule has 0 N–H and O–H groups in total. The fourth-order valence-corrected chi connectivity index (χ4v) is 5.06. The van der Waals surface area contributed by atoms with E-state index in [1.165, 1.54) is 7.11 Å². The molecule has 2 heterocycles. The molecule has 1 aliphatic heterocycles. The molecule has 38 heavy (non-hydrogen) atoms. The Balaban J connectivity index is 1.68. The van der Waals surface area contributed by atoms with Crippen LogP contribution in [0.4, 0.5) is 0 Å². The number of carbonyl (C=O) groups is 2. The lowest BCUT2D eigenvalue weighted by atomic mass is 10.0. The standard InChI is InChI=1S/C30H31ClN2O5/c1-18-14-22(19(2)33(18)24-9-7-8-23(31)17-24)16-25-28(30(35)38-6)20(3)32(29(25)34)13-12-21-10-11-26(36-4)27(15-21)37-5/h7-11,14-17H,12-13H2,1-6H3/b25-16-. The number of hydrogen-bond donors (Lipinski definition) is 0. The highest BCUT2D eigenvalue weighted by molar-refractivity contribution is 6.30. The minimum Gasteiger partial charge on any atom is -0.493 e. The third-order valence-electron chi connectivity index (χ3n) is 6.81. The number of benzene rings is 2. The number of halogens is 1. The van der Waals surface area contributed by atoms with Crippen LogP contribution in [-0.2, 0) is 20.7 Å². The van der Waals surface area contributed by atoms with Crippen molar-refractivity contribution in [3.63, 3.8) is 0 Å². The highest BCUT2D eigenvalue weighted by atomic mass is 35.5. The molecular formula is C30H31ClN2O5. The van der Waals surface area contributed by atoms with Gasteiger partial charge >= 0.3 is 5.97 Å². The highest BCUT2D eigenvalue weighted by Gasteiger charge is 2.37. The van der Waals surface area contributed by atoms with Gasteiger partial charge in [-0.3, -0.25) is 4.79 Å². The Morgan fingerprint density at radius 1 is 0.974 bits per heavy atom. The average Bonchev–Trinajstić information content (AvgIpc) is 3.32. The van der Waals surface area contributed by atoms with Crippen LogP contribution >= 0.6 is 11.6 Å². The molecule has 0 bridgehead atoms. The fraction of sp³-hybridized carbons (Fsp3) is 0.267. The monoisotopic (exact) mass is 534 g/mol. The van der Waals surface area contributed by atoms with Crippen molar-refractivity contribution in [2.45, 2.75) is 27.2 Å². The number of nitrogens with zero attached hydrogens (tertiary/aromatic N) is 2. The number of esters is 1. The van der Waals surface area contributed by atoms with Crippen molar-refractivity contribution in [1.29, 1.82) is 0 Å². The SMILES string of the molecule is COC(=O)C1=C(C)N(CCc2ccc(OC)c(OC)c2)C(=O)/C1=C\c1cc(C)n(-c2cccc(Cl)c2)c1C. The van der Waals surface area contributed by atoms with E-state index < -0.39 is 5.97 Å². The highest BCUT2D eigenvalue weighted by Crippen LogP contribution is 2.34. The zero-order valence-corrected chi connectivity index (χ0v) is 23.2. The van der Waals surface area contributed by atoms with E-state index in [0.29, 0.717) is 40.8 Å². The first-order valence-corrected chi connectivity index (χ1v) is 12.6. The number of carbonyl (C=O) groups excluding carboxylic acids is 2. The minimum atomic E-state index is -0.542. The van der Waals surface area contributed by atoms with Crippen LogP contribution < -0.4 is 9.47 Å².